The van der Waals surface area contributed by atoms with Crippen molar-refractivity contribution in [3.8, 4) is 11.5 Å². The van der Waals surface area contributed by atoms with Crippen LogP contribution < -0.4 is 14.8 Å². The number of nitrogens with one attached hydrogen (secondary N) is 1. The number of hydrogen-bond donors (Lipinski definition) is 1. The maximum Gasteiger partial charge on any atom is 0.171 e. The number of ether oxygens (including phenoxy) is 2. The second-order valence-corrected chi connectivity index (χ2v) is 7.21. The highest BCUT2D eigenvalue weighted by Crippen LogP contribution is 2.32. The van der Waals surface area contributed by atoms with E-state index in [4.69, 9.17) is 44.9 Å². The van der Waals surface area contributed by atoms with E-state index in [0.29, 0.717) is 39.7 Å². The molecule has 3 nitrogen and oxygen atoms in total. The van der Waals surface area contributed by atoms with E-state index in [9.17, 15) is 0 Å². The molecule has 0 unspecified atom stereocenters. The van der Waals surface area contributed by atoms with Gasteiger partial charge in [-0.15, -0.1) is 0 Å². The fraction of sp³-hybridized carbons (Fsp3) is 0.136. The molecule has 0 aliphatic rings. The second kappa shape index (κ2) is 9.78. The van der Waals surface area contributed by atoms with Crippen LogP contribution in [0, 0.1) is 0 Å². The van der Waals surface area contributed by atoms with Crippen molar-refractivity contribution in [1.82, 2.24) is 5.32 Å². The number of rotatable bonds is 7. The molecule has 0 aromatic heterocycles. The molecule has 144 valence electrons. The molecule has 0 spiro atoms. The van der Waals surface area contributed by atoms with E-state index in [1.807, 2.05) is 66.7 Å². The summed E-state index contributed by atoms with van der Waals surface area (Å²) >= 11 is 18.1. The van der Waals surface area contributed by atoms with Crippen molar-refractivity contribution in [1.29, 1.82) is 0 Å². The van der Waals surface area contributed by atoms with Crippen molar-refractivity contribution < 1.29 is 9.47 Å². The zero-order chi connectivity index (χ0) is 19.9. The number of para-hydroxylation sites is 1. The summed E-state index contributed by atoms with van der Waals surface area (Å²) in [6.07, 6.45) is 0. The average Bonchev–Trinajstić information content (AvgIpc) is 2.72. The first-order valence-corrected chi connectivity index (χ1v) is 9.81. The van der Waals surface area contributed by atoms with Gasteiger partial charge in [-0.2, -0.15) is 0 Å². The number of thiocarbonyl (C=S) groups is 1. The molecule has 0 fully saturated rings. The van der Waals surface area contributed by atoms with Gasteiger partial charge in [0.25, 0.3) is 0 Å². The first-order valence-electron chi connectivity index (χ1n) is 8.65. The Morgan fingerprint density at radius 3 is 2.18 bits per heavy atom. The van der Waals surface area contributed by atoms with Gasteiger partial charge in [-0.1, -0.05) is 77.9 Å². The molecular formula is C22H19Cl2NO2S. The van der Waals surface area contributed by atoms with Crippen LogP contribution in [-0.4, -0.2) is 12.1 Å². The van der Waals surface area contributed by atoms with Gasteiger partial charge in [0, 0.05) is 22.2 Å². The van der Waals surface area contributed by atoms with E-state index < -0.39 is 0 Å². The van der Waals surface area contributed by atoms with E-state index in [1.165, 1.54) is 0 Å². The number of halogens is 2. The monoisotopic (exact) mass is 431 g/mol. The van der Waals surface area contributed by atoms with Crippen molar-refractivity contribution >= 4 is 40.4 Å². The van der Waals surface area contributed by atoms with Crippen LogP contribution in [0.4, 0.5) is 0 Å². The third-order valence-corrected chi connectivity index (χ3v) is 5.27. The highest BCUT2D eigenvalue weighted by molar-refractivity contribution is 7.80. The van der Waals surface area contributed by atoms with Crippen LogP contribution in [0.25, 0.3) is 0 Å². The predicted molar refractivity (Wildman–Crippen MR) is 119 cm³/mol. The summed E-state index contributed by atoms with van der Waals surface area (Å²) in [5, 5.41) is 4.59. The fourth-order valence-electron chi connectivity index (χ4n) is 2.68. The highest BCUT2D eigenvalue weighted by Gasteiger charge is 2.15. The lowest BCUT2D eigenvalue weighted by molar-refractivity contribution is 0.284. The summed E-state index contributed by atoms with van der Waals surface area (Å²) < 4.78 is 11.5. The molecule has 1 N–H and O–H groups in total. The lowest BCUT2D eigenvalue weighted by Gasteiger charge is -2.17. The number of methoxy groups -OCH3 is 1. The second-order valence-electron chi connectivity index (χ2n) is 5.99. The Hall–Kier alpha value is -2.27. The lowest BCUT2D eigenvalue weighted by Crippen LogP contribution is -2.22. The molecule has 3 aromatic rings. The van der Waals surface area contributed by atoms with Crippen molar-refractivity contribution in [3.05, 3.63) is 93.5 Å². The standard InChI is InChI=1S/C22H19Cl2NO2S/c1-26-20-12-6-9-17(21(20)27-14-16-8-3-5-11-19(16)24)22(28)25-13-15-7-2-4-10-18(15)23/h2-12H,13-14H2,1H3,(H,25,28). The van der Waals surface area contributed by atoms with Gasteiger partial charge in [-0.25, -0.2) is 0 Å². The van der Waals surface area contributed by atoms with Crippen molar-refractivity contribution in [2.75, 3.05) is 7.11 Å². The summed E-state index contributed by atoms with van der Waals surface area (Å²) in [4.78, 5) is 0.549. The number of benzene rings is 3. The largest absolute Gasteiger partial charge is 0.493 e. The van der Waals surface area contributed by atoms with Gasteiger partial charge in [0.2, 0.25) is 0 Å². The van der Waals surface area contributed by atoms with E-state index in [-0.39, 0.29) is 0 Å². The van der Waals surface area contributed by atoms with Crippen LogP contribution in [0.1, 0.15) is 16.7 Å². The molecule has 3 rings (SSSR count). The van der Waals surface area contributed by atoms with E-state index in [2.05, 4.69) is 5.32 Å². The van der Waals surface area contributed by atoms with Crippen LogP contribution in [0.2, 0.25) is 10.0 Å². The molecule has 0 bridgehead atoms. The van der Waals surface area contributed by atoms with Crippen molar-refractivity contribution in [2.45, 2.75) is 13.2 Å². The fourth-order valence-corrected chi connectivity index (χ4v) is 3.31. The highest BCUT2D eigenvalue weighted by atomic mass is 35.5. The summed E-state index contributed by atoms with van der Waals surface area (Å²) in [5.41, 5.74) is 2.59. The zero-order valence-corrected chi connectivity index (χ0v) is 17.6. The molecular weight excluding hydrogens is 413 g/mol. The van der Waals surface area contributed by atoms with Crippen LogP contribution in [0.15, 0.2) is 66.7 Å². The quantitative estimate of drug-likeness (QED) is 0.461. The lowest BCUT2D eigenvalue weighted by atomic mass is 10.1. The smallest absolute Gasteiger partial charge is 0.171 e. The Labute approximate surface area is 180 Å². The minimum Gasteiger partial charge on any atom is -0.493 e. The van der Waals surface area contributed by atoms with Crippen LogP contribution in [0.5, 0.6) is 11.5 Å². The minimum absolute atomic E-state index is 0.306. The molecule has 0 saturated carbocycles. The van der Waals surface area contributed by atoms with Gasteiger partial charge in [0.1, 0.15) is 11.6 Å². The molecule has 0 saturated heterocycles. The summed E-state index contributed by atoms with van der Waals surface area (Å²) in [7, 11) is 1.60. The molecule has 0 amide bonds. The molecule has 0 heterocycles. The van der Waals surface area contributed by atoms with E-state index in [0.717, 1.165) is 16.7 Å². The van der Waals surface area contributed by atoms with Crippen molar-refractivity contribution in [3.63, 3.8) is 0 Å². The normalized spacial score (nSPS) is 10.4. The maximum absolute atomic E-state index is 6.24. The van der Waals surface area contributed by atoms with E-state index >= 15 is 0 Å². The van der Waals surface area contributed by atoms with Gasteiger partial charge in [-0.3, -0.25) is 0 Å². The molecule has 28 heavy (non-hydrogen) atoms. The molecule has 0 radical (unpaired) electrons. The SMILES string of the molecule is COc1cccc(C(=S)NCc2ccccc2Cl)c1OCc1ccccc1Cl. The third-order valence-electron chi connectivity index (χ3n) is 4.17. The number of hydrogen-bond acceptors (Lipinski definition) is 3. The topological polar surface area (TPSA) is 30.5 Å². The first kappa shape index (κ1) is 20.5. The van der Waals surface area contributed by atoms with Crippen LogP contribution >= 0.6 is 35.4 Å². The van der Waals surface area contributed by atoms with Crippen LogP contribution in [-0.2, 0) is 13.2 Å². The van der Waals surface area contributed by atoms with Gasteiger partial charge >= 0.3 is 0 Å². The van der Waals surface area contributed by atoms with Crippen LogP contribution in [0.3, 0.4) is 0 Å². The molecule has 0 aliphatic heterocycles. The summed E-state index contributed by atoms with van der Waals surface area (Å²) in [5.74, 6) is 1.17. The Bertz CT molecular complexity index is 978. The Morgan fingerprint density at radius 1 is 0.893 bits per heavy atom. The van der Waals surface area contributed by atoms with E-state index in [1.54, 1.807) is 7.11 Å². The van der Waals surface area contributed by atoms with Gasteiger partial charge in [-0.05, 0) is 29.8 Å². The zero-order valence-electron chi connectivity index (χ0n) is 15.2. The average molecular weight is 432 g/mol. The molecule has 0 atom stereocenters. The molecule has 3 aromatic carbocycles. The van der Waals surface area contributed by atoms with Gasteiger partial charge in [0.05, 0.1) is 12.7 Å². The Kier molecular flexibility index (Phi) is 7.15. The molecule has 6 heteroatoms. The maximum atomic E-state index is 6.24. The minimum atomic E-state index is 0.306. The Balaban J connectivity index is 1.79. The Morgan fingerprint density at radius 2 is 1.54 bits per heavy atom. The predicted octanol–water partition coefficient (Wildman–Crippen LogP) is 6.05. The molecule has 0 aliphatic carbocycles. The van der Waals surface area contributed by atoms with Gasteiger partial charge < -0.3 is 14.8 Å². The van der Waals surface area contributed by atoms with Gasteiger partial charge in [0.15, 0.2) is 11.5 Å². The summed E-state index contributed by atoms with van der Waals surface area (Å²) in [6, 6.07) is 20.8. The first-order chi connectivity index (χ1) is 13.6. The third kappa shape index (κ3) is 4.96. The summed E-state index contributed by atoms with van der Waals surface area (Å²) in [6.45, 7) is 0.819. The van der Waals surface area contributed by atoms with Crippen molar-refractivity contribution in [2.24, 2.45) is 0 Å².